The number of carboxylic acids is 1. The fraction of sp³-hybridized carbons (Fsp3) is 0.846. The molecule has 6 heteroatoms. The minimum atomic E-state index is -0.933. The van der Waals surface area contributed by atoms with Crippen molar-refractivity contribution in [1.29, 1.82) is 0 Å². The number of urea groups is 1. The highest BCUT2D eigenvalue weighted by Crippen LogP contribution is 2.21. The van der Waals surface area contributed by atoms with E-state index < -0.39 is 17.6 Å². The van der Waals surface area contributed by atoms with Crippen LogP contribution in [0.2, 0.25) is 0 Å². The van der Waals surface area contributed by atoms with Crippen molar-refractivity contribution in [3.05, 3.63) is 0 Å². The largest absolute Gasteiger partial charge is 0.481 e. The molecule has 0 fully saturated rings. The van der Waals surface area contributed by atoms with Gasteiger partial charge >= 0.3 is 12.0 Å². The lowest BCUT2D eigenvalue weighted by Crippen LogP contribution is -2.51. The van der Waals surface area contributed by atoms with E-state index in [1.54, 1.807) is 7.11 Å². The molecule has 0 aromatic carbocycles. The van der Waals surface area contributed by atoms with Gasteiger partial charge < -0.3 is 20.5 Å². The summed E-state index contributed by atoms with van der Waals surface area (Å²) in [7, 11) is 1.57. The Hall–Kier alpha value is -1.30. The van der Waals surface area contributed by atoms with Gasteiger partial charge in [0.15, 0.2) is 0 Å². The summed E-state index contributed by atoms with van der Waals surface area (Å²) in [6, 6.07) is -0.818. The zero-order chi connectivity index (χ0) is 15.3. The van der Waals surface area contributed by atoms with E-state index in [2.05, 4.69) is 10.6 Å². The van der Waals surface area contributed by atoms with Gasteiger partial charge in [-0.05, 0) is 19.3 Å². The van der Waals surface area contributed by atoms with Crippen LogP contribution < -0.4 is 10.6 Å². The number of nitrogens with one attached hydrogen (secondary N) is 2. The molecule has 0 rings (SSSR count). The van der Waals surface area contributed by atoms with Crippen LogP contribution in [-0.4, -0.2) is 42.4 Å². The summed E-state index contributed by atoms with van der Waals surface area (Å²) in [5.74, 6) is -0.933. The summed E-state index contributed by atoms with van der Waals surface area (Å²) >= 11 is 0. The molecular weight excluding hydrogens is 248 g/mol. The zero-order valence-electron chi connectivity index (χ0n) is 12.7. The minimum absolute atomic E-state index is 0.107. The quantitative estimate of drug-likeness (QED) is 0.686. The molecule has 2 amide bonds. The fourth-order valence-electron chi connectivity index (χ4n) is 1.32. The molecule has 19 heavy (non-hydrogen) atoms. The summed E-state index contributed by atoms with van der Waals surface area (Å²) in [6.45, 7) is 9.72. The number of amides is 2. The van der Waals surface area contributed by atoms with E-state index in [0.29, 0.717) is 6.54 Å². The van der Waals surface area contributed by atoms with Crippen molar-refractivity contribution in [3.63, 3.8) is 0 Å². The van der Waals surface area contributed by atoms with Gasteiger partial charge in [0.25, 0.3) is 0 Å². The third-order valence-electron chi connectivity index (χ3n) is 2.96. The van der Waals surface area contributed by atoms with Gasteiger partial charge in [-0.25, -0.2) is 4.79 Å². The van der Waals surface area contributed by atoms with Gasteiger partial charge in [-0.1, -0.05) is 20.8 Å². The molecule has 112 valence electrons. The lowest BCUT2D eigenvalue weighted by atomic mass is 9.85. The first-order valence-corrected chi connectivity index (χ1v) is 6.29. The molecule has 0 saturated heterocycles. The molecule has 0 aromatic rings. The molecule has 0 saturated carbocycles. The summed E-state index contributed by atoms with van der Waals surface area (Å²) in [6.07, 6.45) is -0.107. The van der Waals surface area contributed by atoms with E-state index in [4.69, 9.17) is 9.84 Å². The normalized spacial score (nSPS) is 13.8. The summed E-state index contributed by atoms with van der Waals surface area (Å²) in [5.41, 5.74) is -0.784. The number of ether oxygens (including phenoxy) is 1. The first kappa shape index (κ1) is 17.7. The predicted octanol–water partition coefficient (Wildman–Crippen LogP) is 1.60. The Morgan fingerprint density at radius 3 is 2.11 bits per heavy atom. The topological polar surface area (TPSA) is 87.7 Å². The van der Waals surface area contributed by atoms with Gasteiger partial charge in [-0.2, -0.15) is 0 Å². The highest BCUT2D eigenvalue weighted by atomic mass is 16.5. The van der Waals surface area contributed by atoms with E-state index in [9.17, 15) is 9.59 Å². The van der Waals surface area contributed by atoms with Crippen molar-refractivity contribution in [2.24, 2.45) is 5.41 Å². The third kappa shape index (κ3) is 7.66. The molecule has 1 unspecified atom stereocenters. The average molecular weight is 274 g/mol. The van der Waals surface area contributed by atoms with Crippen molar-refractivity contribution >= 4 is 12.0 Å². The van der Waals surface area contributed by atoms with Crippen molar-refractivity contribution < 1.29 is 19.4 Å². The van der Waals surface area contributed by atoms with Crippen LogP contribution in [0.4, 0.5) is 4.79 Å². The average Bonchev–Trinajstić information content (AvgIpc) is 2.24. The van der Waals surface area contributed by atoms with Gasteiger partial charge in [0.05, 0.1) is 12.0 Å². The second-order valence-electron chi connectivity index (χ2n) is 6.31. The molecule has 0 heterocycles. The van der Waals surface area contributed by atoms with E-state index in [1.165, 1.54) is 0 Å². The Bertz CT molecular complexity index is 321. The molecule has 0 bridgehead atoms. The van der Waals surface area contributed by atoms with E-state index >= 15 is 0 Å². The lowest BCUT2D eigenvalue weighted by Gasteiger charge is -2.31. The Morgan fingerprint density at radius 1 is 1.21 bits per heavy atom. The summed E-state index contributed by atoms with van der Waals surface area (Å²) in [5, 5.41) is 14.2. The van der Waals surface area contributed by atoms with E-state index in [-0.39, 0.29) is 17.9 Å². The second-order valence-corrected chi connectivity index (χ2v) is 6.31. The Labute approximate surface area is 114 Å². The summed E-state index contributed by atoms with van der Waals surface area (Å²) in [4.78, 5) is 22.6. The first-order chi connectivity index (χ1) is 8.48. The molecule has 0 spiro atoms. The van der Waals surface area contributed by atoms with Gasteiger partial charge in [0.2, 0.25) is 0 Å². The van der Waals surface area contributed by atoms with Crippen molar-refractivity contribution in [1.82, 2.24) is 10.6 Å². The molecule has 0 aliphatic heterocycles. The van der Waals surface area contributed by atoms with Crippen LogP contribution in [0, 0.1) is 5.41 Å². The summed E-state index contributed by atoms with van der Waals surface area (Å²) < 4.78 is 5.19. The Morgan fingerprint density at radius 2 is 1.74 bits per heavy atom. The SMILES string of the molecule is COC(C)(C)CNC(=O)NC(CC(=O)O)C(C)(C)C. The fourth-order valence-corrected chi connectivity index (χ4v) is 1.32. The van der Waals surface area contributed by atoms with Crippen molar-refractivity contribution in [2.75, 3.05) is 13.7 Å². The number of carboxylic acid groups (broad SMARTS) is 1. The maximum Gasteiger partial charge on any atom is 0.315 e. The van der Waals surface area contributed by atoms with Gasteiger partial charge in [0.1, 0.15) is 0 Å². The lowest BCUT2D eigenvalue weighted by molar-refractivity contribution is -0.138. The van der Waals surface area contributed by atoms with Crippen LogP contribution >= 0.6 is 0 Å². The number of hydrogen-bond acceptors (Lipinski definition) is 3. The van der Waals surface area contributed by atoms with Crippen LogP contribution in [0.1, 0.15) is 41.0 Å². The zero-order valence-corrected chi connectivity index (χ0v) is 12.7. The predicted molar refractivity (Wildman–Crippen MR) is 73.1 cm³/mol. The molecule has 1 atom stereocenters. The van der Waals surface area contributed by atoms with Crippen LogP contribution in [0.25, 0.3) is 0 Å². The van der Waals surface area contributed by atoms with Gasteiger partial charge in [0, 0.05) is 19.7 Å². The van der Waals surface area contributed by atoms with Crippen molar-refractivity contribution in [3.8, 4) is 0 Å². The number of aliphatic carboxylic acids is 1. The smallest absolute Gasteiger partial charge is 0.315 e. The highest BCUT2D eigenvalue weighted by molar-refractivity contribution is 5.76. The first-order valence-electron chi connectivity index (χ1n) is 6.29. The maximum atomic E-state index is 11.8. The standard InChI is InChI=1S/C13H26N2O4/c1-12(2,3)9(7-10(16)17)15-11(18)14-8-13(4,5)19-6/h9H,7-8H2,1-6H3,(H,16,17)(H2,14,15,18). The van der Waals surface area contributed by atoms with E-state index in [1.807, 2.05) is 34.6 Å². The molecule has 6 nitrogen and oxygen atoms in total. The number of methoxy groups -OCH3 is 1. The molecular formula is C13H26N2O4. The number of hydrogen-bond donors (Lipinski definition) is 3. The van der Waals surface area contributed by atoms with E-state index in [0.717, 1.165) is 0 Å². The monoisotopic (exact) mass is 274 g/mol. The second kappa shape index (κ2) is 6.75. The maximum absolute atomic E-state index is 11.8. The third-order valence-corrected chi connectivity index (χ3v) is 2.96. The van der Waals surface area contributed by atoms with Crippen LogP contribution in [0.3, 0.4) is 0 Å². The van der Waals surface area contributed by atoms with Crippen LogP contribution in [0.5, 0.6) is 0 Å². The van der Waals surface area contributed by atoms with Gasteiger partial charge in [-0.15, -0.1) is 0 Å². The minimum Gasteiger partial charge on any atom is -0.481 e. The highest BCUT2D eigenvalue weighted by Gasteiger charge is 2.28. The Balaban J connectivity index is 4.44. The number of carbonyl (C=O) groups excluding carboxylic acids is 1. The van der Waals surface area contributed by atoms with Crippen molar-refractivity contribution in [2.45, 2.75) is 52.7 Å². The molecule has 0 aliphatic rings. The van der Waals surface area contributed by atoms with Gasteiger partial charge in [-0.3, -0.25) is 4.79 Å². The van der Waals surface area contributed by atoms with Crippen LogP contribution in [-0.2, 0) is 9.53 Å². The molecule has 3 N–H and O–H groups in total. The Kier molecular flexibility index (Phi) is 6.29. The molecule has 0 aromatic heterocycles. The molecule has 0 aliphatic carbocycles. The molecule has 0 radical (unpaired) electrons. The number of rotatable bonds is 6. The van der Waals surface area contributed by atoms with Crippen LogP contribution in [0.15, 0.2) is 0 Å². The number of carbonyl (C=O) groups is 2.